The van der Waals surface area contributed by atoms with Gasteiger partial charge >= 0.3 is 11.9 Å². The Kier molecular flexibility index (Phi) is 52.9. The number of carbonyl (C=O) groups is 2. The van der Waals surface area contributed by atoms with Crippen molar-refractivity contribution >= 4 is 11.9 Å². The predicted molar refractivity (Wildman–Crippen MR) is 279 cm³/mol. The molecule has 0 spiro atoms. The van der Waals surface area contributed by atoms with Gasteiger partial charge in [0.25, 0.3) is 0 Å². The molecule has 0 rings (SSSR count). The highest BCUT2D eigenvalue weighted by Gasteiger charge is 2.17. The summed E-state index contributed by atoms with van der Waals surface area (Å²) in [6.07, 6.45) is 69.5. The Bertz CT molecular complexity index is 1100. The predicted octanol–water partition coefficient (Wildman–Crippen LogP) is 18.9. The largest absolute Gasteiger partial charge is 0.462 e. The Morgan fingerprint density at radius 2 is 0.688 bits per heavy atom. The first-order valence-electron chi connectivity index (χ1n) is 27.8. The molecule has 0 bridgehead atoms. The fourth-order valence-corrected chi connectivity index (χ4v) is 7.81. The third-order valence-electron chi connectivity index (χ3n) is 12.0. The molecule has 0 saturated heterocycles. The van der Waals surface area contributed by atoms with Gasteiger partial charge < -0.3 is 14.2 Å². The third kappa shape index (κ3) is 52.2. The van der Waals surface area contributed by atoms with Crippen LogP contribution < -0.4 is 0 Å². The molecule has 0 fully saturated rings. The molecule has 0 radical (unpaired) electrons. The van der Waals surface area contributed by atoms with Crippen molar-refractivity contribution in [1.29, 1.82) is 0 Å². The fraction of sp³-hybridized carbons (Fsp3) is 0.797. The monoisotopic (exact) mass is 895 g/mol. The standard InChI is InChI=1S/C59H106O5/c1-4-7-10-13-16-19-22-25-28-29-30-31-33-34-37-40-43-46-49-52-58(60)63-56-57(55-62-54-51-48-45-42-39-36-27-24-21-18-15-12-9-6-3)64-59(61)53-50-47-44-41-38-35-32-26-23-20-17-14-11-8-5-2/h12,15,17,20-21,24-26,28,32,57H,4-11,13-14,16,18-19,22-23,27,29-31,33-56H2,1-3H3/b15-12-,20-17-,24-21-,28-25-,32-26-. The second-order valence-corrected chi connectivity index (χ2v) is 18.5. The minimum atomic E-state index is -0.550. The lowest BCUT2D eigenvalue weighted by Gasteiger charge is -2.18. The van der Waals surface area contributed by atoms with E-state index >= 15 is 0 Å². The first-order chi connectivity index (χ1) is 31.6. The maximum Gasteiger partial charge on any atom is 0.306 e. The van der Waals surface area contributed by atoms with Gasteiger partial charge in [0.15, 0.2) is 6.10 Å². The molecule has 0 aliphatic carbocycles. The summed E-state index contributed by atoms with van der Waals surface area (Å²) < 4.78 is 17.4. The third-order valence-corrected chi connectivity index (χ3v) is 12.0. The summed E-state index contributed by atoms with van der Waals surface area (Å²) in [6, 6.07) is 0. The Morgan fingerprint density at radius 1 is 0.344 bits per heavy atom. The summed E-state index contributed by atoms with van der Waals surface area (Å²) in [7, 11) is 0. The maximum atomic E-state index is 12.8. The average Bonchev–Trinajstić information content (AvgIpc) is 3.30. The van der Waals surface area contributed by atoms with E-state index in [1.807, 2.05) is 0 Å². The molecular weight excluding hydrogens is 789 g/mol. The van der Waals surface area contributed by atoms with E-state index in [-0.39, 0.29) is 25.2 Å². The van der Waals surface area contributed by atoms with Crippen molar-refractivity contribution in [1.82, 2.24) is 0 Å². The van der Waals surface area contributed by atoms with E-state index in [0.29, 0.717) is 19.4 Å². The molecule has 5 nitrogen and oxygen atoms in total. The van der Waals surface area contributed by atoms with Crippen molar-refractivity contribution in [2.24, 2.45) is 0 Å². The molecule has 372 valence electrons. The number of hydrogen-bond donors (Lipinski definition) is 0. The quantitative estimate of drug-likeness (QED) is 0.0346. The van der Waals surface area contributed by atoms with Crippen LogP contribution in [0.2, 0.25) is 0 Å². The van der Waals surface area contributed by atoms with Crippen molar-refractivity contribution in [2.45, 2.75) is 284 Å². The van der Waals surface area contributed by atoms with Crippen LogP contribution in [0.1, 0.15) is 278 Å². The van der Waals surface area contributed by atoms with E-state index in [1.54, 1.807) is 0 Å². The van der Waals surface area contributed by atoms with Gasteiger partial charge in [-0.2, -0.15) is 0 Å². The lowest BCUT2D eigenvalue weighted by molar-refractivity contribution is -0.163. The SMILES string of the molecule is CCC/C=C\C/C=C\CCCCCCCCOCC(COC(=O)CCCCCCCCCCC/C=C\CCCCCCCC)OC(=O)CCCCCCC/C=C\C/C=C\CCCCC. The summed E-state index contributed by atoms with van der Waals surface area (Å²) in [5.41, 5.74) is 0. The molecule has 0 aliphatic heterocycles. The number of allylic oxidation sites excluding steroid dienone is 10. The van der Waals surface area contributed by atoms with Crippen LogP contribution in [0.3, 0.4) is 0 Å². The molecule has 0 aliphatic rings. The molecule has 1 atom stereocenters. The Hall–Kier alpha value is -2.40. The lowest BCUT2D eigenvalue weighted by Crippen LogP contribution is -2.30. The fourth-order valence-electron chi connectivity index (χ4n) is 7.81. The zero-order valence-corrected chi connectivity index (χ0v) is 42.8. The van der Waals surface area contributed by atoms with Crippen LogP contribution in [0.25, 0.3) is 0 Å². The van der Waals surface area contributed by atoms with Gasteiger partial charge in [0.2, 0.25) is 0 Å². The van der Waals surface area contributed by atoms with Gasteiger partial charge in [-0.15, -0.1) is 0 Å². The van der Waals surface area contributed by atoms with Gasteiger partial charge in [-0.3, -0.25) is 9.59 Å². The smallest absolute Gasteiger partial charge is 0.306 e. The highest BCUT2D eigenvalue weighted by atomic mass is 16.6. The van der Waals surface area contributed by atoms with Gasteiger partial charge in [0, 0.05) is 19.4 Å². The number of hydrogen-bond acceptors (Lipinski definition) is 5. The number of carbonyl (C=O) groups excluding carboxylic acids is 2. The lowest BCUT2D eigenvalue weighted by atomic mass is 10.1. The molecule has 0 heterocycles. The van der Waals surface area contributed by atoms with Crippen LogP contribution in [-0.4, -0.2) is 37.9 Å². The second kappa shape index (κ2) is 54.9. The number of esters is 2. The molecule has 5 heteroatoms. The summed E-state index contributed by atoms with van der Waals surface area (Å²) >= 11 is 0. The van der Waals surface area contributed by atoms with Crippen LogP contribution in [0, 0.1) is 0 Å². The van der Waals surface area contributed by atoms with Crippen LogP contribution >= 0.6 is 0 Å². The van der Waals surface area contributed by atoms with Gasteiger partial charge in [-0.1, -0.05) is 223 Å². The van der Waals surface area contributed by atoms with Gasteiger partial charge in [0.05, 0.1) is 6.61 Å². The Balaban J connectivity index is 4.27. The normalized spacial score (nSPS) is 12.6. The van der Waals surface area contributed by atoms with E-state index in [4.69, 9.17) is 14.2 Å². The summed E-state index contributed by atoms with van der Waals surface area (Å²) in [4.78, 5) is 25.5. The number of rotatable bonds is 51. The van der Waals surface area contributed by atoms with Crippen molar-refractivity contribution in [3.63, 3.8) is 0 Å². The minimum absolute atomic E-state index is 0.0745. The van der Waals surface area contributed by atoms with Crippen molar-refractivity contribution in [3.8, 4) is 0 Å². The Morgan fingerprint density at radius 3 is 1.14 bits per heavy atom. The summed E-state index contributed by atoms with van der Waals surface area (Å²) in [5.74, 6) is -0.413. The van der Waals surface area contributed by atoms with Crippen molar-refractivity contribution < 1.29 is 23.8 Å². The molecule has 0 amide bonds. The number of ether oxygens (including phenoxy) is 3. The highest BCUT2D eigenvalue weighted by molar-refractivity contribution is 5.70. The average molecular weight is 895 g/mol. The molecule has 0 aromatic carbocycles. The van der Waals surface area contributed by atoms with E-state index < -0.39 is 6.10 Å². The molecule has 64 heavy (non-hydrogen) atoms. The number of unbranched alkanes of at least 4 members (excludes halogenated alkanes) is 30. The second-order valence-electron chi connectivity index (χ2n) is 18.5. The van der Waals surface area contributed by atoms with Gasteiger partial charge in [-0.05, 0) is 103 Å². The molecule has 0 aromatic heterocycles. The molecule has 0 N–H and O–H groups in total. The molecule has 1 unspecified atom stereocenters. The topological polar surface area (TPSA) is 61.8 Å². The van der Waals surface area contributed by atoms with Crippen LogP contribution in [-0.2, 0) is 23.8 Å². The molecular formula is C59H106O5. The molecule has 0 saturated carbocycles. The van der Waals surface area contributed by atoms with E-state index in [2.05, 4.69) is 81.5 Å². The Labute approximate surface area is 398 Å². The first kappa shape index (κ1) is 61.6. The highest BCUT2D eigenvalue weighted by Crippen LogP contribution is 2.15. The van der Waals surface area contributed by atoms with Crippen LogP contribution in [0.5, 0.6) is 0 Å². The zero-order valence-electron chi connectivity index (χ0n) is 42.8. The van der Waals surface area contributed by atoms with Crippen molar-refractivity contribution in [2.75, 3.05) is 19.8 Å². The van der Waals surface area contributed by atoms with Crippen LogP contribution in [0.4, 0.5) is 0 Å². The van der Waals surface area contributed by atoms with Gasteiger partial charge in [0.1, 0.15) is 6.61 Å². The molecule has 0 aromatic rings. The summed E-state index contributed by atoms with van der Waals surface area (Å²) in [5, 5.41) is 0. The minimum Gasteiger partial charge on any atom is -0.462 e. The van der Waals surface area contributed by atoms with Gasteiger partial charge in [-0.25, -0.2) is 0 Å². The van der Waals surface area contributed by atoms with Crippen LogP contribution in [0.15, 0.2) is 60.8 Å². The summed E-state index contributed by atoms with van der Waals surface area (Å²) in [6.45, 7) is 7.73. The zero-order chi connectivity index (χ0) is 46.3. The van der Waals surface area contributed by atoms with E-state index in [9.17, 15) is 9.59 Å². The maximum absolute atomic E-state index is 12.8. The first-order valence-corrected chi connectivity index (χ1v) is 27.8. The van der Waals surface area contributed by atoms with E-state index in [1.165, 1.54) is 180 Å². The van der Waals surface area contributed by atoms with E-state index in [0.717, 1.165) is 64.2 Å². The van der Waals surface area contributed by atoms with Crippen molar-refractivity contribution in [3.05, 3.63) is 60.8 Å².